The molecular formula is C10H11F3N2O3. The Kier molecular flexibility index (Phi) is 4.10. The topological polar surface area (TPSA) is 61.2 Å². The summed E-state index contributed by atoms with van der Waals surface area (Å²) < 4.78 is 42.3. The number of hydrogen-bond donors (Lipinski definition) is 0. The molecule has 1 rings (SSSR count). The van der Waals surface area contributed by atoms with Crippen molar-refractivity contribution in [1.82, 2.24) is 9.78 Å². The molecule has 1 unspecified atom stereocenters. The molecule has 1 aromatic heterocycles. The Bertz CT molecular complexity index is 496. The molecule has 0 bridgehead atoms. The smallest absolute Gasteiger partial charge is 0.435 e. The van der Waals surface area contributed by atoms with Gasteiger partial charge >= 0.3 is 12.1 Å². The van der Waals surface area contributed by atoms with Crippen molar-refractivity contribution in [2.24, 2.45) is 0 Å². The van der Waals surface area contributed by atoms with E-state index in [9.17, 15) is 22.8 Å². The maximum Gasteiger partial charge on any atom is 0.435 e. The van der Waals surface area contributed by atoms with Crippen LogP contribution in [0.25, 0.3) is 0 Å². The summed E-state index contributed by atoms with van der Waals surface area (Å²) in [7, 11) is 0. The van der Waals surface area contributed by atoms with Gasteiger partial charge < -0.3 is 4.74 Å². The van der Waals surface area contributed by atoms with Gasteiger partial charge in [-0.1, -0.05) is 0 Å². The van der Waals surface area contributed by atoms with Crippen molar-refractivity contribution < 1.29 is 22.7 Å². The van der Waals surface area contributed by atoms with Gasteiger partial charge in [0.1, 0.15) is 0 Å². The van der Waals surface area contributed by atoms with Gasteiger partial charge in [-0.15, -0.1) is 0 Å². The highest BCUT2D eigenvalue weighted by molar-refractivity contribution is 5.73. The molecule has 0 N–H and O–H groups in total. The molecule has 0 aliphatic carbocycles. The van der Waals surface area contributed by atoms with Gasteiger partial charge in [0, 0.05) is 6.07 Å². The van der Waals surface area contributed by atoms with Crippen LogP contribution in [0.1, 0.15) is 25.6 Å². The van der Waals surface area contributed by atoms with Crippen LogP contribution in [0.4, 0.5) is 13.2 Å². The third-order valence-corrected chi connectivity index (χ3v) is 2.11. The summed E-state index contributed by atoms with van der Waals surface area (Å²) in [5.41, 5.74) is -2.04. The number of ether oxygens (including phenoxy) is 1. The van der Waals surface area contributed by atoms with E-state index in [1.165, 1.54) is 6.92 Å². The van der Waals surface area contributed by atoms with E-state index in [1.807, 2.05) is 0 Å². The zero-order valence-corrected chi connectivity index (χ0v) is 9.69. The third kappa shape index (κ3) is 3.08. The van der Waals surface area contributed by atoms with Crippen LogP contribution in [0.3, 0.4) is 0 Å². The Morgan fingerprint density at radius 3 is 2.61 bits per heavy atom. The molecule has 1 aromatic rings. The SMILES string of the molecule is CCOC(=O)C(C)n1nc(C(F)(F)F)ccc1=O. The minimum atomic E-state index is -4.68. The van der Waals surface area contributed by atoms with Crippen LogP contribution >= 0.6 is 0 Å². The summed E-state index contributed by atoms with van der Waals surface area (Å²) in [4.78, 5) is 22.7. The molecule has 100 valence electrons. The largest absolute Gasteiger partial charge is 0.464 e. The maximum atomic E-state index is 12.4. The number of carbonyl (C=O) groups is 1. The van der Waals surface area contributed by atoms with E-state index in [1.54, 1.807) is 6.92 Å². The van der Waals surface area contributed by atoms with Crippen LogP contribution < -0.4 is 5.56 Å². The Labute approximate surface area is 100 Å². The van der Waals surface area contributed by atoms with Crippen LogP contribution in [0, 0.1) is 0 Å². The van der Waals surface area contributed by atoms with Gasteiger partial charge in [0.15, 0.2) is 11.7 Å². The maximum absolute atomic E-state index is 12.4. The zero-order chi connectivity index (χ0) is 13.9. The summed E-state index contributed by atoms with van der Waals surface area (Å²) in [5, 5.41) is 3.13. The first-order valence-corrected chi connectivity index (χ1v) is 5.11. The van der Waals surface area contributed by atoms with Crippen LogP contribution in [0.2, 0.25) is 0 Å². The molecule has 18 heavy (non-hydrogen) atoms. The molecule has 0 spiro atoms. The van der Waals surface area contributed by atoms with Gasteiger partial charge in [0.05, 0.1) is 6.61 Å². The summed E-state index contributed by atoms with van der Waals surface area (Å²) in [5.74, 6) is -0.813. The van der Waals surface area contributed by atoms with Crippen molar-refractivity contribution in [2.45, 2.75) is 26.1 Å². The predicted octanol–water partition coefficient (Wildman–Crippen LogP) is 1.39. The molecule has 8 heteroatoms. The Hall–Kier alpha value is -1.86. The van der Waals surface area contributed by atoms with Gasteiger partial charge in [0.2, 0.25) is 0 Å². The first kappa shape index (κ1) is 14.2. The summed E-state index contributed by atoms with van der Waals surface area (Å²) in [6, 6.07) is 0.0715. The van der Waals surface area contributed by atoms with Crippen LogP contribution in [-0.2, 0) is 15.7 Å². The van der Waals surface area contributed by atoms with Crippen molar-refractivity contribution >= 4 is 5.97 Å². The van der Waals surface area contributed by atoms with E-state index in [4.69, 9.17) is 0 Å². The fourth-order valence-electron chi connectivity index (χ4n) is 1.22. The molecule has 1 atom stereocenters. The highest BCUT2D eigenvalue weighted by atomic mass is 19.4. The standard InChI is InChI=1S/C10H11F3N2O3/c1-3-18-9(17)6(2)15-8(16)5-4-7(14-15)10(11,12)13/h4-6H,3H2,1-2H3. The lowest BCUT2D eigenvalue weighted by Gasteiger charge is -2.14. The van der Waals surface area contributed by atoms with E-state index < -0.39 is 29.4 Å². The van der Waals surface area contributed by atoms with Crippen molar-refractivity contribution in [3.63, 3.8) is 0 Å². The summed E-state index contributed by atoms with van der Waals surface area (Å²) in [6.07, 6.45) is -4.68. The molecule has 0 aliphatic heterocycles. The monoisotopic (exact) mass is 264 g/mol. The first-order valence-electron chi connectivity index (χ1n) is 5.11. The quantitative estimate of drug-likeness (QED) is 0.774. The van der Waals surface area contributed by atoms with Crippen LogP contribution in [0.5, 0.6) is 0 Å². The second-order valence-electron chi connectivity index (χ2n) is 3.43. The number of rotatable bonds is 3. The third-order valence-electron chi connectivity index (χ3n) is 2.11. The van der Waals surface area contributed by atoms with E-state index in [0.717, 1.165) is 0 Å². The highest BCUT2D eigenvalue weighted by Gasteiger charge is 2.34. The first-order chi connectivity index (χ1) is 8.27. The molecule has 0 amide bonds. The average molecular weight is 264 g/mol. The second kappa shape index (κ2) is 5.19. The van der Waals surface area contributed by atoms with Gasteiger partial charge in [-0.25, -0.2) is 9.48 Å². The van der Waals surface area contributed by atoms with Crippen LogP contribution in [0.15, 0.2) is 16.9 Å². The number of esters is 1. The number of carbonyl (C=O) groups excluding carboxylic acids is 1. The lowest BCUT2D eigenvalue weighted by Crippen LogP contribution is -2.32. The Morgan fingerprint density at radius 2 is 2.11 bits per heavy atom. The normalized spacial score (nSPS) is 13.2. The van der Waals surface area contributed by atoms with Crippen LogP contribution in [-0.4, -0.2) is 22.4 Å². The molecule has 0 aliphatic rings. The number of nitrogens with zero attached hydrogens (tertiary/aromatic N) is 2. The predicted molar refractivity (Wildman–Crippen MR) is 54.8 cm³/mol. The fourth-order valence-corrected chi connectivity index (χ4v) is 1.22. The second-order valence-corrected chi connectivity index (χ2v) is 3.43. The zero-order valence-electron chi connectivity index (χ0n) is 9.69. The molecule has 5 nitrogen and oxygen atoms in total. The molecular weight excluding hydrogens is 253 g/mol. The number of alkyl halides is 3. The van der Waals surface area contributed by atoms with Gasteiger partial charge in [-0.2, -0.15) is 18.3 Å². The lowest BCUT2D eigenvalue weighted by molar-refractivity contribution is -0.149. The lowest BCUT2D eigenvalue weighted by atomic mass is 10.3. The van der Waals surface area contributed by atoms with E-state index in [2.05, 4.69) is 9.84 Å². The van der Waals surface area contributed by atoms with Crippen molar-refractivity contribution in [1.29, 1.82) is 0 Å². The molecule has 0 saturated carbocycles. The van der Waals surface area contributed by atoms with E-state index in [0.29, 0.717) is 16.8 Å². The van der Waals surface area contributed by atoms with Gasteiger partial charge in [0.25, 0.3) is 5.56 Å². The highest BCUT2D eigenvalue weighted by Crippen LogP contribution is 2.26. The molecule has 0 saturated heterocycles. The Morgan fingerprint density at radius 1 is 1.50 bits per heavy atom. The molecule has 0 fully saturated rings. The molecule has 0 radical (unpaired) electrons. The van der Waals surface area contributed by atoms with Gasteiger partial charge in [-0.3, -0.25) is 4.79 Å². The van der Waals surface area contributed by atoms with Gasteiger partial charge in [-0.05, 0) is 19.9 Å². The number of aromatic nitrogens is 2. The van der Waals surface area contributed by atoms with E-state index >= 15 is 0 Å². The Balaban J connectivity index is 3.16. The summed E-state index contributed by atoms with van der Waals surface area (Å²) in [6.45, 7) is 2.86. The minimum Gasteiger partial charge on any atom is -0.464 e. The van der Waals surface area contributed by atoms with Crippen molar-refractivity contribution in [3.8, 4) is 0 Å². The number of halogens is 3. The summed E-state index contributed by atoms with van der Waals surface area (Å²) >= 11 is 0. The molecule has 0 aromatic carbocycles. The van der Waals surface area contributed by atoms with E-state index in [-0.39, 0.29) is 6.61 Å². The minimum absolute atomic E-state index is 0.0664. The van der Waals surface area contributed by atoms with Crippen molar-refractivity contribution in [2.75, 3.05) is 6.61 Å². The average Bonchev–Trinajstić information content (AvgIpc) is 2.27. The van der Waals surface area contributed by atoms with Crippen molar-refractivity contribution in [3.05, 3.63) is 28.2 Å². The number of hydrogen-bond acceptors (Lipinski definition) is 4. The fraction of sp³-hybridized carbons (Fsp3) is 0.500. The molecule has 1 heterocycles.